The lowest BCUT2D eigenvalue weighted by molar-refractivity contribution is -0.402. The molecule has 9 nitrogen and oxygen atoms in total. The highest BCUT2D eigenvalue weighted by Gasteiger charge is 2.26. The van der Waals surface area contributed by atoms with Crippen LogP contribution in [-0.2, 0) is 0 Å². The Morgan fingerprint density at radius 3 is 2.73 bits per heavy atom. The number of furan rings is 1. The molecular formula is C24H12Cl2FN3O6S. The average molecular weight is 560 g/mol. The van der Waals surface area contributed by atoms with Crippen LogP contribution in [0.5, 0.6) is 11.5 Å². The summed E-state index contributed by atoms with van der Waals surface area (Å²) in [4.78, 5) is 28.7. The van der Waals surface area contributed by atoms with E-state index in [2.05, 4.69) is 4.99 Å². The SMILES string of the molecule is O=c1/c(=C/c2ccc([N+](=O)[O-])o2)sc2n1C(c1ccc3c(c1)OCO3)C=C(c1cc(F)c(Cl)cc1Cl)N=2. The largest absolute Gasteiger partial charge is 0.454 e. The van der Waals surface area contributed by atoms with Gasteiger partial charge in [0.1, 0.15) is 16.5 Å². The summed E-state index contributed by atoms with van der Waals surface area (Å²) < 4.78 is 32.1. The number of fused-ring (bicyclic) bond motifs is 2. The van der Waals surface area contributed by atoms with E-state index in [9.17, 15) is 19.3 Å². The number of halogens is 3. The Morgan fingerprint density at radius 1 is 1.14 bits per heavy atom. The molecule has 0 bridgehead atoms. The Bertz CT molecular complexity index is 1830. The van der Waals surface area contributed by atoms with Gasteiger partial charge in [-0.05, 0) is 42.0 Å². The Hall–Kier alpha value is -3.93. The summed E-state index contributed by atoms with van der Waals surface area (Å²) in [5.74, 6) is 0.115. The van der Waals surface area contributed by atoms with Crippen LogP contribution >= 0.6 is 34.5 Å². The van der Waals surface area contributed by atoms with E-state index in [-0.39, 0.29) is 27.1 Å². The number of hydrogen-bond donors (Lipinski definition) is 0. The Balaban J connectivity index is 1.56. The van der Waals surface area contributed by atoms with E-state index in [1.165, 1.54) is 34.9 Å². The van der Waals surface area contributed by atoms with Gasteiger partial charge in [-0.3, -0.25) is 19.5 Å². The van der Waals surface area contributed by atoms with Crippen molar-refractivity contribution in [2.45, 2.75) is 6.04 Å². The van der Waals surface area contributed by atoms with E-state index < -0.39 is 28.2 Å². The predicted octanol–water partition coefficient (Wildman–Crippen LogP) is 4.68. The molecule has 0 radical (unpaired) electrons. The number of rotatable bonds is 4. The Kier molecular flexibility index (Phi) is 5.63. The maximum Gasteiger partial charge on any atom is 0.433 e. The van der Waals surface area contributed by atoms with Crippen molar-refractivity contribution in [3.63, 3.8) is 0 Å². The predicted molar refractivity (Wildman–Crippen MR) is 133 cm³/mol. The van der Waals surface area contributed by atoms with Gasteiger partial charge >= 0.3 is 5.88 Å². The van der Waals surface area contributed by atoms with Gasteiger partial charge < -0.3 is 13.9 Å². The van der Waals surface area contributed by atoms with Gasteiger partial charge in [-0.25, -0.2) is 9.38 Å². The minimum atomic E-state index is -0.667. The minimum absolute atomic E-state index is 0.0809. The topological polar surface area (TPSA) is 109 Å². The van der Waals surface area contributed by atoms with E-state index in [1.54, 1.807) is 24.3 Å². The number of nitro groups is 1. The maximum atomic E-state index is 14.3. The first-order valence-electron chi connectivity index (χ1n) is 10.6. The number of aromatic nitrogens is 1. The summed E-state index contributed by atoms with van der Waals surface area (Å²) in [6, 6.07) is 9.69. The molecule has 4 aromatic rings. The number of benzene rings is 2. The van der Waals surface area contributed by atoms with Crippen molar-refractivity contribution in [3.05, 3.63) is 111 Å². The third kappa shape index (κ3) is 4.10. The second-order valence-corrected chi connectivity index (χ2v) is 9.79. The summed E-state index contributed by atoms with van der Waals surface area (Å²) in [5.41, 5.74) is 0.927. The van der Waals surface area contributed by atoms with Crippen LogP contribution in [0.4, 0.5) is 10.3 Å². The molecule has 13 heteroatoms. The molecular weight excluding hydrogens is 548 g/mol. The van der Waals surface area contributed by atoms with Gasteiger partial charge in [-0.1, -0.05) is 40.6 Å². The average Bonchev–Trinajstić information content (AvgIpc) is 3.60. The number of hydrogen-bond acceptors (Lipinski definition) is 8. The van der Waals surface area contributed by atoms with Crippen LogP contribution in [0.1, 0.15) is 22.9 Å². The van der Waals surface area contributed by atoms with Crippen LogP contribution in [0, 0.1) is 15.9 Å². The van der Waals surface area contributed by atoms with Crippen molar-refractivity contribution in [1.29, 1.82) is 0 Å². The van der Waals surface area contributed by atoms with Crippen molar-refractivity contribution < 1.29 is 23.2 Å². The standard InChI is InChI=1S/C24H12Cl2FN3O6S/c25-14-8-15(26)16(27)7-13(14)17-9-18(11-1-3-19-20(5-11)35-10-34-19)29-23(31)21(37-24(29)28-17)6-12-2-4-22(36-12)30(32)33/h1-9,18H,10H2/b21-6-. The van der Waals surface area contributed by atoms with Crippen LogP contribution in [0.15, 0.2) is 62.7 Å². The molecule has 186 valence electrons. The van der Waals surface area contributed by atoms with Crippen molar-refractivity contribution in [2.24, 2.45) is 4.99 Å². The fourth-order valence-electron chi connectivity index (χ4n) is 4.03. The van der Waals surface area contributed by atoms with Crippen molar-refractivity contribution >= 4 is 52.2 Å². The Morgan fingerprint density at radius 2 is 1.95 bits per heavy atom. The lowest BCUT2D eigenvalue weighted by Crippen LogP contribution is -2.36. The highest BCUT2D eigenvalue weighted by Crippen LogP contribution is 2.37. The Labute approximate surface area is 220 Å². The highest BCUT2D eigenvalue weighted by molar-refractivity contribution is 7.07. The molecule has 0 aliphatic carbocycles. The molecule has 2 aromatic heterocycles. The van der Waals surface area contributed by atoms with Crippen molar-refractivity contribution in [3.8, 4) is 11.5 Å². The monoisotopic (exact) mass is 559 g/mol. The molecule has 2 aromatic carbocycles. The summed E-state index contributed by atoms with van der Waals surface area (Å²) in [7, 11) is 0. The first-order chi connectivity index (χ1) is 17.8. The van der Waals surface area contributed by atoms with Crippen LogP contribution in [0.2, 0.25) is 10.0 Å². The molecule has 0 saturated heterocycles. The summed E-state index contributed by atoms with van der Waals surface area (Å²) in [5, 5.41) is 11.0. The second-order valence-electron chi connectivity index (χ2n) is 7.97. The van der Waals surface area contributed by atoms with Gasteiger partial charge in [-0.15, -0.1) is 0 Å². The summed E-state index contributed by atoms with van der Waals surface area (Å²) >= 11 is 13.3. The second kappa shape index (κ2) is 8.87. The molecule has 2 aliphatic rings. The minimum Gasteiger partial charge on any atom is -0.454 e. The van der Waals surface area contributed by atoms with Crippen molar-refractivity contribution in [2.75, 3.05) is 6.79 Å². The fourth-order valence-corrected chi connectivity index (χ4v) is 5.51. The van der Waals surface area contributed by atoms with Crippen LogP contribution in [-0.4, -0.2) is 16.3 Å². The molecule has 0 amide bonds. The van der Waals surface area contributed by atoms with E-state index in [0.717, 1.165) is 11.3 Å². The molecule has 4 heterocycles. The maximum absolute atomic E-state index is 14.3. The van der Waals surface area contributed by atoms with Gasteiger partial charge in [0.25, 0.3) is 5.56 Å². The van der Waals surface area contributed by atoms with E-state index in [0.29, 0.717) is 33.1 Å². The molecule has 0 saturated carbocycles. The first kappa shape index (κ1) is 23.5. The number of thiazole rings is 1. The molecule has 37 heavy (non-hydrogen) atoms. The highest BCUT2D eigenvalue weighted by atomic mass is 35.5. The smallest absolute Gasteiger partial charge is 0.433 e. The summed E-state index contributed by atoms with van der Waals surface area (Å²) in [6.45, 7) is 0.0809. The first-order valence-corrected chi connectivity index (χ1v) is 12.2. The molecule has 0 fully saturated rings. The molecule has 1 unspecified atom stereocenters. The fraction of sp³-hybridized carbons (Fsp3) is 0.0833. The van der Waals surface area contributed by atoms with E-state index >= 15 is 0 Å². The van der Waals surface area contributed by atoms with Gasteiger partial charge in [-0.2, -0.15) is 0 Å². The van der Waals surface area contributed by atoms with Crippen LogP contribution in [0.3, 0.4) is 0 Å². The lowest BCUT2D eigenvalue weighted by Gasteiger charge is -2.20. The normalized spacial score (nSPS) is 16.4. The van der Waals surface area contributed by atoms with Gasteiger partial charge in [0.2, 0.25) is 6.79 Å². The van der Waals surface area contributed by atoms with E-state index in [1.807, 2.05) is 0 Å². The third-order valence-electron chi connectivity index (χ3n) is 5.74. The zero-order valence-corrected chi connectivity index (χ0v) is 20.6. The van der Waals surface area contributed by atoms with Gasteiger partial charge in [0, 0.05) is 11.6 Å². The lowest BCUT2D eigenvalue weighted by atomic mass is 10.0. The van der Waals surface area contributed by atoms with E-state index in [4.69, 9.17) is 37.1 Å². The van der Waals surface area contributed by atoms with Crippen LogP contribution < -0.4 is 24.4 Å². The molecule has 0 N–H and O–H groups in total. The molecule has 6 rings (SSSR count). The number of nitrogens with zero attached hydrogens (tertiary/aromatic N) is 3. The zero-order valence-electron chi connectivity index (χ0n) is 18.3. The van der Waals surface area contributed by atoms with Crippen LogP contribution in [0.25, 0.3) is 11.8 Å². The quantitative estimate of drug-likeness (QED) is 0.204. The summed E-state index contributed by atoms with van der Waals surface area (Å²) in [6.07, 6.45) is 3.10. The number of allylic oxidation sites excluding steroid dienone is 1. The molecule has 0 spiro atoms. The van der Waals surface area contributed by atoms with Gasteiger partial charge in [0.05, 0.1) is 32.4 Å². The third-order valence-corrected chi connectivity index (χ3v) is 7.32. The zero-order chi connectivity index (χ0) is 25.8. The number of ether oxygens (including phenoxy) is 2. The van der Waals surface area contributed by atoms with Gasteiger partial charge in [0.15, 0.2) is 16.3 Å². The van der Waals surface area contributed by atoms with Crippen molar-refractivity contribution in [1.82, 2.24) is 4.57 Å². The molecule has 1 atom stereocenters. The molecule has 2 aliphatic heterocycles.